The van der Waals surface area contributed by atoms with E-state index in [4.69, 9.17) is 25.1 Å². The quantitative estimate of drug-likeness (QED) is 0.626. The summed E-state index contributed by atoms with van der Waals surface area (Å²) in [5, 5.41) is 9.39. The molecule has 0 bridgehead atoms. The van der Waals surface area contributed by atoms with Crippen LogP contribution in [0.25, 0.3) is 11.0 Å². The van der Waals surface area contributed by atoms with E-state index < -0.39 is 19.9 Å². The monoisotopic (exact) mass is 329 g/mol. The number of fused-ring (bicyclic) bond motifs is 1. The first-order valence-corrected chi connectivity index (χ1v) is 7.72. The summed E-state index contributed by atoms with van der Waals surface area (Å²) in [4.78, 5) is 10.9. The Bertz CT molecular complexity index is 877. The van der Waals surface area contributed by atoms with Gasteiger partial charge in [0.05, 0.1) is 19.8 Å². The number of nitriles is 1. The second kappa shape index (κ2) is 5.27. The molecule has 2 aromatic rings. The van der Waals surface area contributed by atoms with E-state index in [0.717, 1.165) is 0 Å². The molecule has 0 atom stereocenters. The van der Waals surface area contributed by atoms with Crippen LogP contribution in [0.5, 0.6) is 5.75 Å². The van der Waals surface area contributed by atoms with E-state index in [-0.39, 0.29) is 22.7 Å². The van der Waals surface area contributed by atoms with Crippen LogP contribution in [-0.2, 0) is 13.8 Å². The van der Waals surface area contributed by atoms with Gasteiger partial charge >= 0.3 is 5.97 Å². The molecule has 0 amide bonds. The number of methoxy groups -OCH3 is 2. The molecule has 0 saturated carbocycles. The topological polar surface area (TPSA) is 107 Å². The Hall–Kier alpha value is -2.24. The molecule has 0 N–H and O–H groups in total. The normalized spacial score (nSPS) is 11.1. The van der Waals surface area contributed by atoms with Crippen molar-refractivity contribution in [3.05, 3.63) is 23.5 Å². The zero-order valence-electron chi connectivity index (χ0n) is 10.8. The molecule has 110 valence electrons. The minimum Gasteiger partial charge on any atom is -0.491 e. The molecule has 7 nitrogen and oxygen atoms in total. The van der Waals surface area contributed by atoms with Gasteiger partial charge in [-0.3, -0.25) is 0 Å². The number of halogens is 1. The lowest BCUT2D eigenvalue weighted by Crippen LogP contribution is -2.00. The van der Waals surface area contributed by atoms with Crippen LogP contribution < -0.4 is 4.74 Å². The molecule has 1 aromatic heterocycles. The third kappa shape index (κ3) is 2.53. The van der Waals surface area contributed by atoms with Gasteiger partial charge in [-0.15, -0.1) is 0 Å². The average molecular weight is 330 g/mol. The molecule has 0 spiro atoms. The maximum Gasteiger partial charge on any atom is 0.373 e. The standard InChI is InChI=1S/C12H8ClNO6S/c1-18-10-9-6(4-8(20-9)12(15)19-2)3-7(5-14)11(10)21(13,16)17/h3-4H,1-2H3. The zero-order chi connectivity index (χ0) is 15.8. The average Bonchev–Trinajstić information content (AvgIpc) is 2.86. The number of esters is 1. The number of furan rings is 1. The third-order valence-corrected chi connectivity index (χ3v) is 4.03. The van der Waals surface area contributed by atoms with Gasteiger partial charge in [-0.2, -0.15) is 5.26 Å². The smallest absolute Gasteiger partial charge is 0.373 e. The van der Waals surface area contributed by atoms with Crippen LogP contribution in [-0.4, -0.2) is 28.6 Å². The van der Waals surface area contributed by atoms with Gasteiger partial charge in [0.25, 0.3) is 9.05 Å². The Morgan fingerprint density at radius 3 is 2.52 bits per heavy atom. The van der Waals surface area contributed by atoms with Crippen molar-refractivity contribution in [2.24, 2.45) is 0 Å². The number of rotatable bonds is 3. The summed E-state index contributed by atoms with van der Waals surface area (Å²) < 4.78 is 38.0. The number of hydrogen-bond acceptors (Lipinski definition) is 7. The van der Waals surface area contributed by atoms with Crippen molar-refractivity contribution in [1.82, 2.24) is 0 Å². The Morgan fingerprint density at radius 2 is 2.05 bits per heavy atom. The van der Waals surface area contributed by atoms with Crippen LogP contribution in [0.15, 0.2) is 21.4 Å². The van der Waals surface area contributed by atoms with Crippen molar-refractivity contribution >= 4 is 36.7 Å². The molecule has 0 unspecified atom stereocenters. The number of hydrogen-bond donors (Lipinski definition) is 0. The van der Waals surface area contributed by atoms with Gasteiger partial charge in [0.2, 0.25) is 5.76 Å². The van der Waals surface area contributed by atoms with Gasteiger partial charge in [0.15, 0.2) is 11.3 Å². The highest BCUT2D eigenvalue weighted by Crippen LogP contribution is 2.39. The van der Waals surface area contributed by atoms with Crippen molar-refractivity contribution in [1.29, 1.82) is 5.26 Å². The first-order valence-electron chi connectivity index (χ1n) is 5.41. The Balaban J connectivity index is 2.93. The molecular weight excluding hydrogens is 322 g/mol. The summed E-state index contributed by atoms with van der Waals surface area (Å²) >= 11 is 0. The van der Waals surface area contributed by atoms with Gasteiger partial charge in [-0.05, 0) is 12.1 Å². The lowest BCUT2D eigenvalue weighted by molar-refractivity contribution is 0.0567. The van der Waals surface area contributed by atoms with Crippen LogP contribution >= 0.6 is 10.7 Å². The first-order chi connectivity index (χ1) is 9.83. The minimum atomic E-state index is -4.25. The summed E-state index contributed by atoms with van der Waals surface area (Å²) in [7, 11) is 3.45. The molecule has 0 radical (unpaired) electrons. The second-order valence-electron chi connectivity index (χ2n) is 3.86. The van der Waals surface area contributed by atoms with Crippen LogP contribution in [0, 0.1) is 11.3 Å². The third-order valence-electron chi connectivity index (χ3n) is 2.67. The van der Waals surface area contributed by atoms with Gasteiger partial charge in [0.1, 0.15) is 11.0 Å². The lowest BCUT2D eigenvalue weighted by atomic mass is 10.1. The number of ether oxygens (including phenoxy) is 2. The molecule has 0 fully saturated rings. The Kier molecular flexibility index (Phi) is 3.80. The zero-order valence-corrected chi connectivity index (χ0v) is 12.4. The molecule has 21 heavy (non-hydrogen) atoms. The largest absolute Gasteiger partial charge is 0.491 e. The maximum atomic E-state index is 11.6. The van der Waals surface area contributed by atoms with Crippen molar-refractivity contribution in [2.75, 3.05) is 14.2 Å². The number of carbonyl (C=O) groups excluding carboxylic acids is 1. The van der Waals surface area contributed by atoms with E-state index in [0.29, 0.717) is 5.39 Å². The highest BCUT2D eigenvalue weighted by Gasteiger charge is 2.27. The highest BCUT2D eigenvalue weighted by atomic mass is 35.7. The number of carbonyl (C=O) groups is 1. The fraction of sp³-hybridized carbons (Fsp3) is 0.167. The number of nitrogens with zero attached hydrogens (tertiary/aromatic N) is 1. The lowest BCUT2D eigenvalue weighted by Gasteiger charge is -2.07. The van der Waals surface area contributed by atoms with Gasteiger partial charge in [0, 0.05) is 16.1 Å². The van der Waals surface area contributed by atoms with Gasteiger partial charge in [-0.1, -0.05) is 0 Å². The van der Waals surface area contributed by atoms with E-state index in [2.05, 4.69) is 4.74 Å². The summed E-state index contributed by atoms with van der Waals surface area (Å²) in [6.07, 6.45) is 0. The fourth-order valence-electron chi connectivity index (χ4n) is 1.85. The molecule has 0 aliphatic carbocycles. The molecule has 0 aliphatic heterocycles. The summed E-state index contributed by atoms with van der Waals surface area (Å²) in [6, 6.07) is 4.27. The van der Waals surface area contributed by atoms with E-state index >= 15 is 0 Å². The summed E-state index contributed by atoms with van der Waals surface area (Å²) in [5.41, 5.74) is -0.234. The van der Waals surface area contributed by atoms with Crippen molar-refractivity contribution in [3.63, 3.8) is 0 Å². The van der Waals surface area contributed by atoms with Crippen LogP contribution in [0.3, 0.4) is 0 Å². The minimum absolute atomic E-state index is 0.0175. The van der Waals surface area contributed by atoms with Gasteiger partial charge < -0.3 is 13.9 Å². The van der Waals surface area contributed by atoms with Crippen LogP contribution in [0.1, 0.15) is 16.1 Å². The molecule has 0 aliphatic rings. The van der Waals surface area contributed by atoms with Crippen LogP contribution in [0.2, 0.25) is 0 Å². The highest BCUT2D eigenvalue weighted by molar-refractivity contribution is 8.13. The van der Waals surface area contributed by atoms with Gasteiger partial charge in [-0.25, -0.2) is 13.2 Å². The summed E-state index contributed by atoms with van der Waals surface area (Å²) in [5.74, 6) is -1.14. The van der Waals surface area contributed by atoms with Crippen molar-refractivity contribution < 1.29 is 27.1 Å². The van der Waals surface area contributed by atoms with E-state index in [1.807, 2.05) is 0 Å². The van der Waals surface area contributed by atoms with E-state index in [1.54, 1.807) is 6.07 Å². The predicted molar refractivity (Wildman–Crippen MR) is 71.9 cm³/mol. The maximum absolute atomic E-state index is 11.6. The first kappa shape index (κ1) is 15.2. The molecule has 2 rings (SSSR count). The Morgan fingerprint density at radius 1 is 1.38 bits per heavy atom. The van der Waals surface area contributed by atoms with Crippen molar-refractivity contribution in [2.45, 2.75) is 4.90 Å². The fourth-order valence-corrected chi connectivity index (χ4v) is 3.07. The Labute approximate surface area is 124 Å². The van der Waals surface area contributed by atoms with Crippen molar-refractivity contribution in [3.8, 4) is 11.8 Å². The SMILES string of the molecule is COC(=O)c1cc2cc(C#N)c(S(=O)(=O)Cl)c(OC)c2o1. The van der Waals surface area contributed by atoms with Crippen LogP contribution in [0.4, 0.5) is 0 Å². The van der Waals surface area contributed by atoms with E-state index in [1.165, 1.54) is 26.4 Å². The van der Waals surface area contributed by atoms with E-state index in [9.17, 15) is 13.2 Å². The molecule has 0 saturated heterocycles. The second-order valence-corrected chi connectivity index (χ2v) is 6.36. The molecule has 9 heteroatoms. The molecule has 1 aromatic carbocycles. The number of benzene rings is 1. The molecular formula is C12H8ClNO6S. The predicted octanol–water partition coefficient (Wildman–Crippen LogP) is 2.03. The summed E-state index contributed by atoms with van der Waals surface area (Å²) in [6.45, 7) is 0. The molecule has 1 heterocycles.